The van der Waals surface area contributed by atoms with Gasteiger partial charge in [-0.25, -0.2) is 18.1 Å². The zero-order valence-electron chi connectivity index (χ0n) is 11.4. The number of rotatable bonds is 5. The smallest absolute Gasteiger partial charge is 0.241 e. The fourth-order valence-corrected chi connectivity index (χ4v) is 2.94. The van der Waals surface area contributed by atoms with Gasteiger partial charge in [0, 0.05) is 31.0 Å². The molecule has 0 aliphatic heterocycles. The minimum Gasteiger partial charge on any atom is -0.336 e. The van der Waals surface area contributed by atoms with E-state index in [0.29, 0.717) is 12.1 Å². The van der Waals surface area contributed by atoms with Gasteiger partial charge in [0.25, 0.3) is 0 Å². The van der Waals surface area contributed by atoms with Gasteiger partial charge in [0.1, 0.15) is 0 Å². The molecule has 0 unspecified atom stereocenters. The third kappa shape index (κ3) is 4.16. The highest BCUT2D eigenvalue weighted by atomic mass is 32.2. The molecular weight excluding hydrogens is 288 g/mol. The van der Waals surface area contributed by atoms with Crippen molar-refractivity contribution in [2.24, 2.45) is 5.73 Å². The van der Waals surface area contributed by atoms with Gasteiger partial charge >= 0.3 is 0 Å². The maximum absolute atomic E-state index is 12.3. The van der Waals surface area contributed by atoms with Crippen molar-refractivity contribution in [1.82, 2.24) is 14.3 Å². The zero-order chi connectivity index (χ0) is 15.1. The average molecular weight is 304 g/mol. The molecule has 0 atom stereocenters. The molecule has 2 aromatic rings. The highest BCUT2D eigenvalue weighted by Gasteiger charge is 2.16. The predicted molar refractivity (Wildman–Crippen MR) is 79.8 cm³/mol. The van der Waals surface area contributed by atoms with E-state index in [1.165, 1.54) is 6.07 Å². The average Bonchev–Trinajstić information content (AvgIpc) is 2.98. The number of nitrogens with zero attached hydrogens (tertiary/aromatic N) is 2. The standard InChI is InChI=1S/C14H16N4O2S/c15-7-3-5-13-4-1-2-6-14(13)21(19,20)17-9-11-18-10-8-16-12-18/h1-2,4,6,8,10,12,17H,7,9,11,15H2. The second-order valence-electron chi connectivity index (χ2n) is 4.20. The van der Waals surface area contributed by atoms with Crippen molar-refractivity contribution in [2.75, 3.05) is 13.1 Å². The van der Waals surface area contributed by atoms with E-state index in [2.05, 4.69) is 21.5 Å². The van der Waals surface area contributed by atoms with E-state index in [1.54, 1.807) is 41.5 Å². The number of nitrogens with one attached hydrogen (secondary N) is 1. The molecular formula is C14H16N4O2S. The summed E-state index contributed by atoms with van der Waals surface area (Å²) in [5, 5.41) is 0. The maximum Gasteiger partial charge on any atom is 0.241 e. The molecule has 110 valence electrons. The van der Waals surface area contributed by atoms with Gasteiger partial charge < -0.3 is 10.3 Å². The fraction of sp³-hybridized carbons (Fsp3) is 0.214. The Morgan fingerprint density at radius 2 is 2.14 bits per heavy atom. The van der Waals surface area contributed by atoms with Gasteiger partial charge in [-0.3, -0.25) is 0 Å². The Kier molecular flexibility index (Phi) is 5.11. The molecule has 21 heavy (non-hydrogen) atoms. The Hall–Kier alpha value is -2.14. The number of benzene rings is 1. The van der Waals surface area contributed by atoms with Crippen molar-refractivity contribution >= 4 is 10.0 Å². The Bertz CT molecular complexity index is 743. The molecule has 0 aliphatic rings. The van der Waals surface area contributed by atoms with E-state index in [0.717, 1.165) is 0 Å². The summed E-state index contributed by atoms with van der Waals surface area (Å²) in [7, 11) is -3.60. The first-order chi connectivity index (χ1) is 10.1. The Labute approximate surface area is 124 Å². The van der Waals surface area contributed by atoms with Crippen LogP contribution in [0.25, 0.3) is 0 Å². The lowest BCUT2D eigenvalue weighted by atomic mass is 10.2. The van der Waals surface area contributed by atoms with Crippen LogP contribution in [-0.2, 0) is 16.6 Å². The molecule has 0 radical (unpaired) electrons. The Morgan fingerprint density at radius 1 is 1.33 bits per heavy atom. The summed E-state index contributed by atoms with van der Waals surface area (Å²) >= 11 is 0. The quantitative estimate of drug-likeness (QED) is 0.771. The number of nitrogens with two attached hydrogens (primary N) is 1. The van der Waals surface area contributed by atoms with Crippen LogP contribution in [0.3, 0.4) is 0 Å². The second-order valence-corrected chi connectivity index (χ2v) is 5.94. The van der Waals surface area contributed by atoms with Crippen LogP contribution in [-0.4, -0.2) is 31.1 Å². The molecule has 0 saturated heterocycles. The SMILES string of the molecule is NCC#Cc1ccccc1S(=O)(=O)NCCn1ccnc1. The molecule has 0 fully saturated rings. The van der Waals surface area contributed by atoms with Crippen LogP contribution in [0.5, 0.6) is 0 Å². The normalized spacial score (nSPS) is 10.9. The van der Waals surface area contributed by atoms with Crippen LogP contribution in [0, 0.1) is 11.8 Å². The monoisotopic (exact) mass is 304 g/mol. The van der Waals surface area contributed by atoms with Crippen LogP contribution >= 0.6 is 0 Å². The van der Waals surface area contributed by atoms with E-state index < -0.39 is 10.0 Å². The first-order valence-electron chi connectivity index (χ1n) is 6.37. The highest BCUT2D eigenvalue weighted by molar-refractivity contribution is 7.89. The van der Waals surface area contributed by atoms with Crippen molar-refractivity contribution in [1.29, 1.82) is 0 Å². The fourth-order valence-electron chi connectivity index (χ4n) is 1.76. The summed E-state index contributed by atoms with van der Waals surface area (Å²) in [5.74, 6) is 5.44. The lowest BCUT2D eigenvalue weighted by Gasteiger charge is -2.08. The molecule has 7 heteroatoms. The van der Waals surface area contributed by atoms with Crippen molar-refractivity contribution < 1.29 is 8.42 Å². The van der Waals surface area contributed by atoms with Gasteiger partial charge in [0.2, 0.25) is 10.0 Å². The molecule has 3 N–H and O–H groups in total. The lowest BCUT2D eigenvalue weighted by molar-refractivity contribution is 0.572. The predicted octanol–water partition coefficient (Wildman–Crippen LogP) is 0.172. The Balaban J connectivity index is 2.12. The van der Waals surface area contributed by atoms with E-state index in [-0.39, 0.29) is 18.0 Å². The summed E-state index contributed by atoms with van der Waals surface area (Å²) in [5.41, 5.74) is 5.77. The minimum atomic E-state index is -3.60. The maximum atomic E-state index is 12.3. The van der Waals surface area contributed by atoms with Gasteiger partial charge in [-0.15, -0.1) is 0 Å². The highest BCUT2D eigenvalue weighted by Crippen LogP contribution is 2.13. The molecule has 0 amide bonds. The molecule has 1 aromatic heterocycles. The van der Waals surface area contributed by atoms with Crippen LogP contribution < -0.4 is 10.5 Å². The molecule has 2 rings (SSSR count). The van der Waals surface area contributed by atoms with Crippen LogP contribution in [0.1, 0.15) is 5.56 Å². The minimum absolute atomic E-state index is 0.164. The summed E-state index contributed by atoms with van der Waals surface area (Å²) in [6.07, 6.45) is 5.05. The summed E-state index contributed by atoms with van der Waals surface area (Å²) < 4.78 is 29.0. The molecule has 0 aliphatic carbocycles. The molecule has 6 nitrogen and oxygen atoms in total. The van der Waals surface area contributed by atoms with Crippen molar-refractivity contribution in [2.45, 2.75) is 11.4 Å². The number of hydrogen-bond donors (Lipinski definition) is 2. The van der Waals surface area contributed by atoms with Gasteiger partial charge in [0.15, 0.2) is 0 Å². The van der Waals surface area contributed by atoms with E-state index in [4.69, 9.17) is 5.73 Å². The molecule has 1 aromatic carbocycles. The number of hydrogen-bond acceptors (Lipinski definition) is 4. The zero-order valence-corrected chi connectivity index (χ0v) is 12.2. The van der Waals surface area contributed by atoms with Crippen molar-refractivity contribution in [3.05, 3.63) is 48.5 Å². The number of sulfonamides is 1. The first kappa shape index (κ1) is 15.3. The molecule has 0 saturated carbocycles. The first-order valence-corrected chi connectivity index (χ1v) is 7.85. The molecule has 1 heterocycles. The van der Waals surface area contributed by atoms with Crippen molar-refractivity contribution in [3.63, 3.8) is 0 Å². The number of imidazole rings is 1. The van der Waals surface area contributed by atoms with Crippen LogP contribution in [0.2, 0.25) is 0 Å². The van der Waals surface area contributed by atoms with E-state index >= 15 is 0 Å². The number of aromatic nitrogens is 2. The topological polar surface area (TPSA) is 90.0 Å². The van der Waals surface area contributed by atoms with Crippen LogP contribution in [0.15, 0.2) is 47.9 Å². The largest absolute Gasteiger partial charge is 0.336 e. The summed E-state index contributed by atoms with van der Waals surface area (Å²) in [4.78, 5) is 4.06. The van der Waals surface area contributed by atoms with Crippen molar-refractivity contribution in [3.8, 4) is 11.8 Å². The molecule has 0 spiro atoms. The second kappa shape index (κ2) is 7.04. The summed E-state index contributed by atoms with van der Waals surface area (Å²) in [6.45, 7) is 0.968. The van der Waals surface area contributed by atoms with Gasteiger partial charge in [-0.2, -0.15) is 0 Å². The third-order valence-electron chi connectivity index (χ3n) is 2.72. The van der Waals surface area contributed by atoms with Gasteiger partial charge in [-0.1, -0.05) is 24.0 Å². The van der Waals surface area contributed by atoms with E-state index in [9.17, 15) is 8.42 Å². The van der Waals surface area contributed by atoms with E-state index in [1.807, 2.05) is 0 Å². The third-order valence-corrected chi connectivity index (χ3v) is 4.24. The van der Waals surface area contributed by atoms with Crippen LogP contribution in [0.4, 0.5) is 0 Å². The van der Waals surface area contributed by atoms with Gasteiger partial charge in [-0.05, 0) is 12.1 Å². The summed E-state index contributed by atoms with van der Waals surface area (Å²) in [6, 6.07) is 6.59. The Morgan fingerprint density at radius 3 is 2.86 bits per heavy atom. The van der Waals surface area contributed by atoms with Gasteiger partial charge in [0.05, 0.1) is 17.8 Å². The molecule has 0 bridgehead atoms. The lowest BCUT2D eigenvalue weighted by Crippen LogP contribution is -2.27.